The number of carbonyl (C=O) groups is 1. The van der Waals surface area contributed by atoms with Gasteiger partial charge in [-0.15, -0.1) is 6.58 Å². The van der Waals surface area contributed by atoms with E-state index in [2.05, 4.69) is 21.5 Å². The van der Waals surface area contributed by atoms with Crippen molar-refractivity contribution < 1.29 is 4.79 Å². The van der Waals surface area contributed by atoms with Gasteiger partial charge in [-0.05, 0) is 42.1 Å². The molecule has 26 heavy (non-hydrogen) atoms. The number of thiazole rings is 1. The van der Waals surface area contributed by atoms with Gasteiger partial charge in [0.2, 0.25) is 5.13 Å². The molecule has 1 fully saturated rings. The lowest BCUT2D eigenvalue weighted by molar-refractivity contribution is -0.121. The van der Waals surface area contributed by atoms with Crippen LogP contribution in [-0.4, -0.2) is 32.5 Å². The molecule has 1 amide bonds. The molecule has 1 aliphatic rings. The SMILES string of the molecule is C=CCN1C(=O)/C(=C\c2ccccn2)S/C1=N/c1nc2ccccc2s1. The standard InChI is InChI=1S/C19H14N4OS2/c1-2-11-23-17(24)16(12-13-7-5-6-10-20-13)26-19(23)22-18-21-14-8-3-4-9-15(14)25-18/h2-10,12H,1,11H2/b16-12+,22-19+. The quantitative estimate of drug-likeness (QED) is 0.496. The van der Waals surface area contributed by atoms with Crippen LogP contribution in [0.25, 0.3) is 16.3 Å². The van der Waals surface area contributed by atoms with Crippen molar-refractivity contribution in [2.75, 3.05) is 6.54 Å². The van der Waals surface area contributed by atoms with Crippen LogP contribution < -0.4 is 0 Å². The van der Waals surface area contributed by atoms with Crippen LogP contribution in [0.5, 0.6) is 0 Å². The number of pyridine rings is 1. The third kappa shape index (κ3) is 3.31. The Morgan fingerprint density at radius 2 is 2.04 bits per heavy atom. The lowest BCUT2D eigenvalue weighted by Crippen LogP contribution is -2.29. The molecule has 0 N–H and O–H groups in total. The van der Waals surface area contributed by atoms with Gasteiger partial charge in [0.25, 0.3) is 5.91 Å². The van der Waals surface area contributed by atoms with Gasteiger partial charge in [-0.3, -0.25) is 14.7 Å². The number of aromatic nitrogens is 2. The summed E-state index contributed by atoms with van der Waals surface area (Å²) < 4.78 is 1.07. The molecular weight excluding hydrogens is 364 g/mol. The zero-order valence-corrected chi connectivity index (χ0v) is 15.3. The molecule has 128 valence electrons. The molecule has 1 aromatic carbocycles. The third-order valence-electron chi connectivity index (χ3n) is 3.64. The van der Waals surface area contributed by atoms with E-state index in [0.29, 0.717) is 21.7 Å². The molecule has 5 nitrogen and oxygen atoms in total. The van der Waals surface area contributed by atoms with Gasteiger partial charge < -0.3 is 0 Å². The van der Waals surface area contributed by atoms with Crippen LogP contribution in [0.2, 0.25) is 0 Å². The fourth-order valence-corrected chi connectivity index (χ4v) is 4.34. The van der Waals surface area contributed by atoms with Gasteiger partial charge in [0.05, 0.1) is 20.8 Å². The molecule has 1 aliphatic heterocycles. The first-order valence-electron chi connectivity index (χ1n) is 7.92. The average Bonchev–Trinajstić information content (AvgIpc) is 3.19. The Balaban J connectivity index is 1.70. The summed E-state index contributed by atoms with van der Waals surface area (Å²) in [6.07, 6.45) is 5.17. The molecule has 0 bridgehead atoms. The molecule has 0 spiro atoms. The normalized spacial score (nSPS) is 17.5. The number of benzene rings is 1. The second-order valence-electron chi connectivity index (χ2n) is 5.43. The fraction of sp³-hybridized carbons (Fsp3) is 0.0526. The van der Waals surface area contributed by atoms with E-state index in [9.17, 15) is 4.79 Å². The van der Waals surface area contributed by atoms with Gasteiger partial charge in [0.15, 0.2) is 5.17 Å². The molecule has 4 rings (SSSR count). The number of amidine groups is 1. The molecule has 0 atom stereocenters. The van der Waals surface area contributed by atoms with Gasteiger partial charge in [-0.1, -0.05) is 35.6 Å². The van der Waals surface area contributed by atoms with Crippen molar-refractivity contribution in [2.45, 2.75) is 0 Å². The summed E-state index contributed by atoms with van der Waals surface area (Å²) in [5.74, 6) is -0.0968. The predicted molar refractivity (Wildman–Crippen MR) is 108 cm³/mol. The van der Waals surface area contributed by atoms with Crippen LogP contribution in [0.1, 0.15) is 5.69 Å². The highest BCUT2D eigenvalue weighted by Gasteiger charge is 2.33. The van der Waals surface area contributed by atoms with E-state index in [1.54, 1.807) is 23.2 Å². The maximum atomic E-state index is 12.7. The van der Waals surface area contributed by atoms with Crippen molar-refractivity contribution in [3.63, 3.8) is 0 Å². The Morgan fingerprint density at radius 3 is 2.81 bits per heavy atom. The van der Waals surface area contributed by atoms with E-state index in [-0.39, 0.29) is 5.91 Å². The first-order chi connectivity index (χ1) is 12.7. The van der Waals surface area contributed by atoms with E-state index in [4.69, 9.17) is 0 Å². The van der Waals surface area contributed by atoms with Crippen LogP contribution in [-0.2, 0) is 4.79 Å². The Bertz CT molecular complexity index is 1010. The smallest absolute Gasteiger partial charge is 0.267 e. The minimum atomic E-state index is -0.0968. The number of carbonyl (C=O) groups excluding carboxylic acids is 1. The molecule has 2 aromatic heterocycles. The lowest BCUT2D eigenvalue weighted by atomic mass is 10.3. The van der Waals surface area contributed by atoms with E-state index in [1.807, 2.05) is 42.5 Å². The monoisotopic (exact) mass is 378 g/mol. The van der Waals surface area contributed by atoms with E-state index in [0.717, 1.165) is 15.9 Å². The summed E-state index contributed by atoms with van der Waals surface area (Å²) in [6.45, 7) is 4.14. The van der Waals surface area contributed by atoms with Crippen molar-refractivity contribution in [3.05, 3.63) is 71.9 Å². The number of aliphatic imine (C=N–C) groups is 1. The predicted octanol–water partition coefficient (Wildman–Crippen LogP) is 4.48. The Morgan fingerprint density at radius 1 is 1.19 bits per heavy atom. The molecule has 7 heteroatoms. The van der Waals surface area contributed by atoms with Crippen LogP contribution in [0.15, 0.2) is 71.2 Å². The first-order valence-corrected chi connectivity index (χ1v) is 9.55. The van der Waals surface area contributed by atoms with Gasteiger partial charge in [-0.2, -0.15) is 4.99 Å². The van der Waals surface area contributed by atoms with E-state index < -0.39 is 0 Å². The zero-order valence-electron chi connectivity index (χ0n) is 13.7. The molecule has 3 aromatic rings. The minimum absolute atomic E-state index is 0.0968. The second-order valence-corrected chi connectivity index (χ2v) is 7.45. The molecule has 0 aliphatic carbocycles. The third-order valence-corrected chi connectivity index (χ3v) is 5.58. The second kappa shape index (κ2) is 7.23. The lowest BCUT2D eigenvalue weighted by Gasteiger charge is -2.11. The van der Waals surface area contributed by atoms with E-state index >= 15 is 0 Å². The zero-order chi connectivity index (χ0) is 17.9. The summed E-state index contributed by atoms with van der Waals surface area (Å²) in [6, 6.07) is 13.5. The summed E-state index contributed by atoms with van der Waals surface area (Å²) >= 11 is 2.84. The minimum Gasteiger partial charge on any atom is -0.282 e. The maximum absolute atomic E-state index is 12.7. The van der Waals surface area contributed by atoms with Crippen molar-refractivity contribution in [2.24, 2.45) is 4.99 Å². The highest BCUT2D eigenvalue weighted by atomic mass is 32.2. The van der Waals surface area contributed by atoms with Gasteiger partial charge in [-0.25, -0.2) is 4.98 Å². The number of amides is 1. The highest BCUT2D eigenvalue weighted by molar-refractivity contribution is 8.18. The molecule has 0 radical (unpaired) electrons. The summed E-state index contributed by atoms with van der Waals surface area (Å²) in [4.78, 5) is 28.3. The topological polar surface area (TPSA) is 58.5 Å². The van der Waals surface area contributed by atoms with Gasteiger partial charge >= 0.3 is 0 Å². The number of rotatable bonds is 4. The van der Waals surface area contributed by atoms with E-state index in [1.165, 1.54) is 23.1 Å². The molecule has 3 heterocycles. The number of fused-ring (bicyclic) bond motifs is 1. The molecule has 1 saturated heterocycles. The van der Waals surface area contributed by atoms with Gasteiger partial charge in [0, 0.05) is 12.7 Å². The summed E-state index contributed by atoms with van der Waals surface area (Å²) in [5.41, 5.74) is 1.65. The molecule has 0 unspecified atom stereocenters. The Kier molecular flexibility index (Phi) is 4.64. The fourth-order valence-electron chi connectivity index (χ4n) is 2.47. The van der Waals surface area contributed by atoms with Gasteiger partial charge in [0.1, 0.15) is 0 Å². The van der Waals surface area contributed by atoms with Crippen molar-refractivity contribution in [1.82, 2.24) is 14.9 Å². The Hall–Kier alpha value is -2.77. The van der Waals surface area contributed by atoms with Crippen molar-refractivity contribution in [3.8, 4) is 0 Å². The van der Waals surface area contributed by atoms with Crippen molar-refractivity contribution in [1.29, 1.82) is 0 Å². The first kappa shape index (κ1) is 16.7. The molecular formula is C19H14N4OS2. The average molecular weight is 378 g/mol. The molecule has 0 saturated carbocycles. The van der Waals surface area contributed by atoms with Crippen molar-refractivity contribution >= 4 is 55.6 Å². The number of hydrogen-bond acceptors (Lipinski definition) is 6. The number of nitrogens with zero attached hydrogens (tertiary/aromatic N) is 4. The van der Waals surface area contributed by atoms with Crippen LogP contribution in [0, 0.1) is 0 Å². The van der Waals surface area contributed by atoms with Crippen LogP contribution >= 0.6 is 23.1 Å². The highest BCUT2D eigenvalue weighted by Crippen LogP contribution is 2.35. The maximum Gasteiger partial charge on any atom is 0.267 e. The summed E-state index contributed by atoms with van der Waals surface area (Å²) in [7, 11) is 0. The number of para-hydroxylation sites is 1. The number of hydrogen-bond donors (Lipinski definition) is 0. The van der Waals surface area contributed by atoms with Crippen LogP contribution in [0.3, 0.4) is 0 Å². The Labute approximate surface area is 158 Å². The van der Waals surface area contributed by atoms with Crippen LogP contribution in [0.4, 0.5) is 5.13 Å². The largest absolute Gasteiger partial charge is 0.282 e. The number of thioether (sulfide) groups is 1. The summed E-state index contributed by atoms with van der Waals surface area (Å²) in [5, 5.41) is 1.24.